The van der Waals surface area contributed by atoms with E-state index in [-0.39, 0.29) is 23.0 Å². The van der Waals surface area contributed by atoms with Crippen molar-refractivity contribution in [1.82, 2.24) is 0 Å². The van der Waals surface area contributed by atoms with E-state index in [0.29, 0.717) is 5.56 Å². The number of benzene rings is 1. The van der Waals surface area contributed by atoms with Gasteiger partial charge in [-0.2, -0.15) is 0 Å². The number of primary sulfonamides is 1. The van der Waals surface area contributed by atoms with Crippen LogP contribution in [0.3, 0.4) is 0 Å². The zero-order valence-corrected chi connectivity index (χ0v) is 10.4. The third kappa shape index (κ3) is 4.63. The fraction of sp³-hybridized carbons (Fsp3) is 0.222. The standard InChI is InChI=1S/C9H12FN3O2S2/c10-7-5-6(9(11)16)1-2-8(7)13-3-4-17(12,14)15/h1-2,5,13H,3-4H2,(H2,11,16)(H2,12,14,15). The Morgan fingerprint density at radius 2 is 2.12 bits per heavy atom. The lowest BCUT2D eigenvalue weighted by Crippen LogP contribution is -2.22. The Labute approximate surface area is 104 Å². The van der Waals surface area contributed by atoms with Crippen molar-refractivity contribution >= 4 is 32.9 Å². The van der Waals surface area contributed by atoms with E-state index in [0.717, 1.165) is 0 Å². The summed E-state index contributed by atoms with van der Waals surface area (Å²) in [6.07, 6.45) is 0. The molecule has 94 valence electrons. The Kier molecular flexibility index (Phi) is 4.38. The topological polar surface area (TPSA) is 98.2 Å². The molecule has 0 aliphatic heterocycles. The van der Waals surface area contributed by atoms with Crippen LogP contribution in [-0.2, 0) is 10.0 Å². The molecule has 1 rings (SSSR count). The fourth-order valence-corrected chi connectivity index (χ4v) is 1.65. The summed E-state index contributed by atoms with van der Waals surface area (Å²) in [5, 5.41) is 7.42. The molecule has 8 heteroatoms. The number of nitrogens with two attached hydrogens (primary N) is 2. The zero-order valence-electron chi connectivity index (χ0n) is 8.81. The molecule has 5 N–H and O–H groups in total. The minimum absolute atomic E-state index is 0.0299. The first-order chi connectivity index (χ1) is 7.79. The van der Waals surface area contributed by atoms with Gasteiger partial charge in [0.1, 0.15) is 10.8 Å². The predicted molar refractivity (Wildman–Crippen MR) is 68.8 cm³/mol. The van der Waals surface area contributed by atoms with E-state index in [1.807, 2.05) is 0 Å². The smallest absolute Gasteiger partial charge is 0.210 e. The van der Waals surface area contributed by atoms with Crippen LogP contribution in [0.4, 0.5) is 10.1 Å². The van der Waals surface area contributed by atoms with Crippen molar-refractivity contribution in [3.05, 3.63) is 29.6 Å². The Morgan fingerprint density at radius 3 is 2.59 bits per heavy atom. The number of thiocarbonyl (C=S) groups is 1. The summed E-state index contributed by atoms with van der Waals surface area (Å²) in [6, 6.07) is 4.17. The lowest BCUT2D eigenvalue weighted by molar-refractivity contribution is 0.597. The fourth-order valence-electron chi connectivity index (χ4n) is 1.14. The third-order valence-electron chi connectivity index (χ3n) is 1.96. The summed E-state index contributed by atoms with van der Waals surface area (Å²) < 4.78 is 34.8. The lowest BCUT2D eigenvalue weighted by atomic mass is 10.2. The third-order valence-corrected chi connectivity index (χ3v) is 2.96. The molecule has 0 aliphatic carbocycles. The molecule has 0 heterocycles. The Hall–Kier alpha value is -1.25. The minimum atomic E-state index is -3.55. The van der Waals surface area contributed by atoms with Crippen LogP contribution in [0.15, 0.2) is 18.2 Å². The van der Waals surface area contributed by atoms with Gasteiger partial charge in [-0.25, -0.2) is 17.9 Å². The van der Waals surface area contributed by atoms with Crippen LogP contribution in [0.5, 0.6) is 0 Å². The average Bonchev–Trinajstić information content (AvgIpc) is 2.18. The highest BCUT2D eigenvalue weighted by Gasteiger charge is 2.06. The maximum Gasteiger partial charge on any atom is 0.210 e. The first-order valence-electron chi connectivity index (χ1n) is 4.63. The number of anilines is 1. The van der Waals surface area contributed by atoms with Crippen molar-refractivity contribution in [2.45, 2.75) is 0 Å². The Bertz CT molecular complexity index is 531. The van der Waals surface area contributed by atoms with Crippen molar-refractivity contribution in [1.29, 1.82) is 0 Å². The Balaban J connectivity index is 2.70. The summed E-state index contributed by atoms with van der Waals surface area (Å²) in [7, 11) is -3.55. The molecule has 0 saturated carbocycles. The van der Waals surface area contributed by atoms with Crippen molar-refractivity contribution < 1.29 is 12.8 Å². The molecular formula is C9H12FN3O2S2. The first-order valence-corrected chi connectivity index (χ1v) is 6.75. The number of rotatable bonds is 5. The molecule has 0 atom stereocenters. The molecule has 0 bridgehead atoms. The van der Waals surface area contributed by atoms with Crippen LogP contribution in [0.25, 0.3) is 0 Å². The zero-order chi connectivity index (χ0) is 13.1. The maximum absolute atomic E-state index is 13.5. The van der Waals surface area contributed by atoms with Gasteiger partial charge in [-0.05, 0) is 18.2 Å². The normalized spacial score (nSPS) is 11.2. The van der Waals surface area contributed by atoms with Crippen LogP contribution >= 0.6 is 12.2 Å². The summed E-state index contributed by atoms with van der Waals surface area (Å²) >= 11 is 4.70. The molecule has 0 aliphatic rings. The van der Waals surface area contributed by atoms with Gasteiger partial charge < -0.3 is 11.1 Å². The van der Waals surface area contributed by atoms with Crippen molar-refractivity contribution in [2.24, 2.45) is 10.9 Å². The van der Waals surface area contributed by atoms with Crippen LogP contribution in [0.2, 0.25) is 0 Å². The predicted octanol–water partition coefficient (Wildman–Crippen LogP) is 0.160. The maximum atomic E-state index is 13.5. The molecule has 0 fully saturated rings. The van der Waals surface area contributed by atoms with Gasteiger partial charge in [0.15, 0.2) is 0 Å². The second-order valence-corrected chi connectivity index (χ2v) is 5.53. The molecular weight excluding hydrogens is 265 g/mol. The average molecular weight is 277 g/mol. The molecule has 17 heavy (non-hydrogen) atoms. The van der Waals surface area contributed by atoms with Crippen molar-refractivity contribution in [3.8, 4) is 0 Å². The van der Waals surface area contributed by atoms with Gasteiger partial charge in [-0.3, -0.25) is 0 Å². The van der Waals surface area contributed by atoms with E-state index >= 15 is 0 Å². The van der Waals surface area contributed by atoms with Crippen molar-refractivity contribution in [3.63, 3.8) is 0 Å². The van der Waals surface area contributed by atoms with Crippen LogP contribution in [0.1, 0.15) is 5.56 Å². The van der Waals surface area contributed by atoms with E-state index in [1.54, 1.807) is 6.07 Å². The number of sulfonamides is 1. The highest BCUT2D eigenvalue weighted by Crippen LogP contribution is 2.15. The van der Waals surface area contributed by atoms with Gasteiger partial charge in [0, 0.05) is 12.1 Å². The van der Waals surface area contributed by atoms with E-state index in [1.165, 1.54) is 12.1 Å². The molecule has 1 aromatic rings. The van der Waals surface area contributed by atoms with Gasteiger partial charge in [0.05, 0.1) is 11.4 Å². The SMILES string of the molecule is NC(=S)c1ccc(NCCS(N)(=O)=O)c(F)c1. The van der Waals surface area contributed by atoms with Crippen LogP contribution in [-0.4, -0.2) is 25.7 Å². The van der Waals surface area contributed by atoms with E-state index in [9.17, 15) is 12.8 Å². The second-order valence-electron chi connectivity index (χ2n) is 3.35. The first kappa shape index (κ1) is 13.8. The van der Waals surface area contributed by atoms with Gasteiger partial charge in [-0.1, -0.05) is 12.2 Å². The monoisotopic (exact) mass is 277 g/mol. The summed E-state index contributed by atoms with van der Waals surface area (Å²) in [5.41, 5.74) is 5.92. The molecule has 0 radical (unpaired) electrons. The molecule has 5 nitrogen and oxygen atoms in total. The largest absolute Gasteiger partial charge is 0.389 e. The number of hydrogen-bond acceptors (Lipinski definition) is 4. The number of nitrogens with one attached hydrogen (secondary N) is 1. The lowest BCUT2D eigenvalue weighted by Gasteiger charge is -2.07. The van der Waals surface area contributed by atoms with E-state index in [2.05, 4.69) is 5.32 Å². The molecule has 0 saturated heterocycles. The van der Waals surface area contributed by atoms with E-state index in [4.69, 9.17) is 23.1 Å². The minimum Gasteiger partial charge on any atom is -0.389 e. The summed E-state index contributed by atoms with van der Waals surface area (Å²) in [6.45, 7) is 0.0299. The molecule has 0 unspecified atom stereocenters. The highest BCUT2D eigenvalue weighted by molar-refractivity contribution is 7.89. The quantitative estimate of drug-likeness (QED) is 0.666. The van der Waals surface area contributed by atoms with Crippen LogP contribution < -0.4 is 16.2 Å². The highest BCUT2D eigenvalue weighted by atomic mass is 32.2. The molecule has 0 aromatic heterocycles. The molecule has 0 spiro atoms. The van der Waals surface area contributed by atoms with Gasteiger partial charge >= 0.3 is 0 Å². The Morgan fingerprint density at radius 1 is 1.47 bits per heavy atom. The molecule has 0 amide bonds. The summed E-state index contributed by atoms with van der Waals surface area (Å²) in [4.78, 5) is 0.0972. The van der Waals surface area contributed by atoms with Crippen molar-refractivity contribution in [2.75, 3.05) is 17.6 Å². The van der Waals surface area contributed by atoms with E-state index < -0.39 is 15.8 Å². The number of hydrogen-bond donors (Lipinski definition) is 3. The number of halogens is 1. The van der Waals surface area contributed by atoms with Gasteiger partial charge in [0.2, 0.25) is 10.0 Å². The molecule has 1 aromatic carbocycles. The summed E-state index contributed by atoms with van der Waals surface area (Å²) in [5.74, 6) is -0.825. The van der Waals surface area contributed by atoms with Gasteiger partial charge in [-0.15, -0.1) is 0 Å². The second kappa shape index (κ2) is 5.39. The van der Waals surface area contributed by atoms with Gasteiger partial charge in [0.25, 0.3) is 0 Å². The van der Waals surface area contributed by atoms with Crippen LogP contribution in [0, 0.1) is 5.82 Å².